The van der Waals surface area contributed by atoms with Crippen molar-refractivity contribution in [1.29, 1.82) is 0 Å². The number of anilines is 1. The van der Waals surface area contributed by atoms with Gasteiger partial charge in [0.1, 0.15) is 4.88 Å². The molecule has 1 amide bonds. The zero-order chi connectivity index (χ0) is 12.3. The molecule has 0 saturated carbocycles. The van der Waals surface area contributed by atoms with E-state index in [1.165, 1.54) is 18.4 Å². The molecule has 0 saturated heterocycles. The molecule has 0 aliphatic carbocycles. The predicted molar refractivity (Wildman–Crippen MR) is 57.8 cm³/mol. The fraction of sp³-hybridized carbons (Fsp3) is 0.125. The number of carbonyl (C=O) groups is 2. The number of hydrogen-bond acceptors (Lipinski definition) is 7. The van der Waals surface area contributed by atoms with Crippen LogP contribution in [0.2, 0.25) is 0 Å². The van der Waals surface area contributed by atoms with Crippen LogP contribution in [0.25, 0.3) is 0 Å². The Kier molecular flexibility index (Phi) is 3.10. The SMILES string of the molecule is COC(=O)c1sccc1NC(=O)c1nn[nH]n1. The van der Waals surface area contributed by atoms with E-state index >= 15 is 0 Å². The van der Waals surface area contributed by atoms with Gasteiger partial charge in [0.05, 0.1) is 12.8 Å². The first kappa shape index (κ1) is 11.2. The van der Waals surface area contributed by atoms with Gasteiger partial charge in [-0.05, 0) is 16.7 Å². The summed E-state index contributed by atoms with van der Waals surface area (Å²) < 4.78 is 4.58. The number of aromatic nitrogens is 4. The second-order valence-electron chi connectivity index (χ2n) is 2.84. The third-order valence-corrected chi connectivity index (χ3v) is 2.73. The summed E-state index contributed by atoms with van der Waals surface area (Å²) in [5.41, 5.74) is 0.358. The standard InChI is InChI=1S/C8H7N5O3S/c1-16-8(15)5-4(2-3-17-5)9-7(14)6-10-12-13-11-6/h2-3H,1H3,(H,9,14)(H,10,11,12,13). The minimum Gasteiger partial charge on any atom is -0.465 e. The Labute approximate surface area is 99.0 Å². The van der Waals surface area contributed by atoms with E-state index in [1.54, 1.807) is 11.4 Å². The average molecular weight is 253 g/mol. The van der Waals surface area contributed by atoms with Crippen molar-refractivity contribution in [2.75, 3.05) is 12.4 Å². The number of methoxy groups -OCH3 is 1. The van der Waals surface area contributed by atoms with Gasteiger partial charge in [-0.3, -0.25) is 4.79 Å². The topological polar surface area (TPSA) is 110 Å². The quantitative estimate of drug-likeness (QED) is 0.761. The number of H-pyrrole nitrogens is 1. The van der Waals surface area contributed by atoms with E-state index in [-0.39, 0.29) is 5.82 Å². The lowest BCUT2D eigenvalue weighted by atomic mass is 10.3. The predicted octanol–water partition coefficient (Wildman–Crippen LogP) is 0.300. The molecule has 0 aliphatic rings. The van der Waals surface area contributed by atoms with Crippen LogP contribution in [-0.2, 0) is 4.74 Å². The number of ether oxygens (including phenoxy) is 1. The summed E-state index contributed by atoms with van der Waals surface area (Å²) in [6.45, 7) is 0. The molecule has 2 heterocycles. The second kappa shape index (κ2) is 4.70. The number of carbonyl (C=O) groups excluding carboxylic acids is 2. The smallest absolute Gasteiger partial charge is 0.350 e. The number of thiophene rings is 1. The van der Waals surface area contributed by atoms with E-state index in [1.807, 2.05) is 0 Å². The summed E-state index contributed by atoms with van der Waals surface area (Å²) in [5.74, 6) is -1.17. The first-order valence-electron chi connectivity index (χ1n) is 4.43. The monoisotopic (exact) mass is 253 g/mol. The number of hydrogen-bond donors (Lipinski definition) is 2. The van der Waals surface area contributed by atoms with E-state index in [0.29, 0.717) is 10.6 Å². The molecule has 0 radical (unpaired) electrons. The molecule has 2 aromatic rings. The van der Waals surface area contributed by atoms with Crippen LogP contribution in [0.3, 0.4) is 0 Å². The van der Waals surface area contributed by atoms with E-state index < -0.39 is 11.9 Å². The maximum absolute atomic E-state index is 11.6. The van der Waals surface area contributed by atoms with E-state index in [0.717, 1.165) is 0 Å². The molecular weight excluding hydrogens is 246 g/mol. The van der Waals surface area contributed by atoms with E-state index in [9.17, 15) is 9.59 Å². The number of nitrogens with one attached hydrogen (secondary N) is 2. The number of amides is 1. The molecule has 17 heavy (non-hydrogen) atoms. The van der Waals surface area contributed by atoms with Crippen molar-refractivity contribution < 1.29 is 14.3 Å². The van der Waals surface area contributed by atoms with Gasteiger partial charge in [0.2, 0.25) is 0 Å². The molecule has 88 valence electrons. The summed E-state index contributed by atoms with van der Waals surface area (Å²) in [4.78, 5) is 23.3. The maximum Gasteiger partial charge on any atom is 0.350 e. The Morgan fingerprint density at radius 3 is 3.00 bits per heavy atom. The highest BCUT2D eigenvalue weighted by Gasteiger charge is 2.18. The Hall–Kier alpha value is -2.29. The molecule has 0 aromatic carbocycles. The minimum absolute atomic E-state index is 0.105. The van der Waals surface area contributed by atoms with E-state index in [4.69, 9.17) is 0 Å². The molecule has 9 heteroatoms. The molecule has 8 nitrogen and oxygen atoms in total. The van der Waals surface area contributed by atoms with Gasteiger partial charge < -0.3 is 10.1 Å². The molecular formula is C8H7N5O3S. The lowest BCUT2D eigenvalue weighted by Crippen LogP contribution is -2.15. The van der Waals surface area contributed by atoms with Crippen LogP contribution in [0.1, 0.15) is 20.3 Å². The van der Waals surface area contributed by atoms with Crippen LogP contribution in [0.5, 0.6) is 0 Å². The van der Waals surface area contributed by atoms with Crippen LogP contribution in [0, 0.1) is 0 Å². The molecule has 2 rings (SSSR count). The summed E-state index contributed by atoms with van der Waals surface area (Å²) >= 11 is 1.17. The summed E-state index contributed by atoms with van der Waals surface area (Å²) in [7, 11) is 1.27. The van der Waals surface area contributed by atoms with Gasteiger partial charge in [0, 0.05) is 0 Å². The molecule has 2 N–H and O–H groups in total. The van der Waals surface area contributed by atoms with Crippen LogP contribution in [0.15, 0.2) is 11.4 Å². The molecule has 0 aliphatic heterocycles. The Morgan fingerprint density at radius 2 is 2.35 bits per heavy atom. The van der Waals surface area contributed by atoms with Crippen molar-refractivity contribution in [1.82, 2.24) is 20.6 Å². The largest absolute Gasteiger partial charge is 0.465 e. The van der Waals surface area contributed by atoms with Crippen molar-refractivity contribution >= 4 is 28.9 Å². The van der Waals surface area contributed by atoms with Crippen LogP contribution in [-0.4, -0.2) is 39.6 Å². The maximum atomic E-state index is 11.6. The van der Waals surface area contributed by atoms with Crippen molar-refractivity contribution in [3.8, 4) is 0 Å². The molecule has 0 spiro atoms. The number of rotatable bonds is 3. The van der Waals surface area contributed by atoms with Gasteiger partial charge in [-0.2, -0.15) is 5.21 Å². The van der Waals surface area contributed by atoms with Crippen molar-refractivity contribution in [3.05, 3.63) is 22.1 Å². The Morgan fingerprint density at radius 1 is 1.53 bits per heavy atom. The molecule has 0 atom stereocenters. The van der Waals surface area contributed by atoms with Gasteiger partial charge in [0.15, 0.2) is 0 Å². The Balaban J connectivity index is 2.17. The second-order valence-corrected chi connectivity index (χ2v) is 3.76. The number of tetrazole rings is 1. The summed E-state index contributed by atoms with van der Waals surface area (Å²) in [6, 6.07) is 1.59. The highest BCUT2D eigenvalue weighted by molar-refractivity contribution is 7.12. The first-order chi connectivity index (χ1) is 8.22. The normalized spacial score (nSPS) is 9.94. The lowest BCUT2D eigenvalue weighted by Gasteiger charge is -2.02. The van der Waals surface area contributed by atoms with Gasteiger partial charge in [-0.1, -0.05) is 0 Å². The summed E-state index contributed by atoms with van der Waals surface area (Å²) in [5, 5.41) is 16.6. The zero-order valence-corrected chi connectivity index (χ0v) is 9.45. The zero-order valence-electron chi connectivity index (χ0n) is 8.63. The number of esters is 1. The fourth-order valence-corrected chi connectivity index (χ4v) is 1.86. The van der Waals surface area contributed by atoms with Crippen molar-refractivity contribution in [2.24, 2.45) is 0 Å². The molecule has 0 fully saturated rings. The number of nitrogens with zero attached hydrogens (tertiary/aromatic N) is 3. The lowest BCUT2D eigenvalue weighted by molar-refractivity contribution is 0.0607. The van der Waals surface area contributed by atoms with E-state index in [2.05, 4.69) is 30.7 Å². The summed E-state index contributed by atoms with van der Waals surface area (Å²) in [6.07, 6.45) is 0. The third kappa shape index (κ3) is 2.28. The Bertz CT molecular complexity index is 535. The highest BCUT2D eigenvalue weighted by atomic mass is 32.1. The van der Waals surface area contributed by atoms with Crippen molar-refractivity contribution in [3.63, 3.8) is 0 Å². The molecule has 0 bridgehead atoms. The van der Waals surface area contributed by atoms with Gasteiger partial charge in [-0.25, -0.2) is 4.79 Å². The van der Waals surface area contributed by atoms with Gasteiger partial charge in [0.25, 0.3) is 11.7 Å². The van der Waals surface area contributed by atoms with Gasteiger partial charge in [-0.15, -0.1) is 21.5 Å². The fourth-order valence-electron chi connectivity index (χ4n) is 1.09. The highest BCUT2D eigenvalue weighted by Crippen LogP contribution is 2.23. The van der Waals surface area contributed by atoms with Gasteiger partial charge >= 0.3 is 5.97 Å². The van der Waals surface area contributed by atoms with Crippen LogP contribution >= 0.6 is 11.3 Å². The van der Waals surface area contributed by atoms with Crippen LogP contribution in [0.4, 0.5) is 5.69 Å². The van der Waals surface area contributed by atoms with Crippen LogP contribution < -0.4 is 5.32 Å². The first-order valence-corrected chi connectivity index (χ1v) is 5.31. The van der Waals surface area contributed by atoms with Crippen molar-refractivity contribution in [2.45, 2.75) is 0 Å². The number of aromatic amines is 1. The average Bonchev–Trinajstić information content (AvgIpc) is 2.98. The third-order valence-electron chi connectivity index (χ3n) is 1.83. The molecule has 2 aromatic heterocycles. The minimum atomic E-state index is -0.553. The molecule has 0 unspecified atom stereocenters.